The molecule has 6 nitrogen and oxygen atoms in total. The van der Waals surface area contributed by atoms with Gasteiger partial charge in [0, 0.05) is 12.8 Å². The lowest BCUT2D eigenvalue weighted by Crippen LogP contribution is -2.34. The summed E-state index contributed by atoms with van der Waals surface area (Å²) in [6, 6.07) is 0. The van der Waals surface area contributed by atoms with E-state index in [-0.39, 0.29) is 19.3 Å². The van der Waals surface area contributed by atoms with Crippen LogP contribution in [0.2, 0.25) is 0 Å². The van der Waals surface area contributed by atoms with E-state index in [1.165, 1.54) is 13.8 Å². The highest BCUT2D eigenvalue weighted by atomic mass is 16.7. The molecule has 2 amide bonds. The van der Waals surface area contributed by atoms with E-state index in [2.05, 4.69) is 4.84 Å². The molecule has 1 saturated heterocycles. The summed E-state index contributed by atoms with van der Waals surface area (Å²) in [4.78, 5) is 37.8. The summed E-state index contributed by atoms with van der Waals surface area (Å²) >= 11 is 0. The molecule has 1 aliphatic heterocycles. The first kappa shape index (κ1) is 11.6. The predicted octanol–water partition coefficient (Wildman–Crippen LogP) is -0.245. The van der Waals surface area contributed by atoms with Gasteiger partial charge in [-0.15, -0.1) is 5.06 Å². The number of nitrogens with zero attached hydrogens (tertiary/aromatic N) is 1. The molecule has 84 valence electrons. The van der Waals surface area contributed by atoms with E-state index in [0.29, 0.717) is 5.06 Å². The van der Waals surface area contributed by atoms with Gasteiger partial charge in [0.2, 0.25) is 0 Å². The van der Waals surface area contributed by atoms with Crippen LogP contribution in [0.3, 0.4) is 0 Å². The van der Waals surface area contributed by atoms with Gasteiger partial charge >= 0.3 is 5.97 Å². The van der Waals surface area contributed by atoms with Crippen LogP contribution in [-0.4, -0.2) is 33.6 Å². The number of hydrogen-bond acceptors (Lipinski definition) is 5. The maximum Gasteiger partial charge on any atom is 0.336 e. The fourth-order valence-corrected chi connectivity index (χ4v) is 1.15. The van der Waals surface area contributed by atoms with Crippen molar-refractivity contribution in [2.24, 2.45) is 0 Å². The lowest BCUT2D eigenvalue weighted by Gasteiger charge is -2.18. The Hall–Kier alpha value is -1.43. The number of imide groups is 1. The molecule has 1 N–H and O–H groups in total. The first-order chi connectivity index (χ1) is 6.79. The fourth-order valence-electron chi connectivity index (χ4n) is 1.15. The van der Waals surface area contributed by atoms with Crippen LogP contribution < -0.4 is 0 Å². The molecule has 0 saturated carbocycles. The molecule has 0 unspecified atom stereocenters. The number of rotatable bonds is 3. The highest BCUT2D eigenvalue weighted by molar-refractivity contribution is 6.01. The minimum Gasteiger partial charge on any atom is -0.390 e. The van der Waals surface area contributed by atoms with Crippen LogP contribution in [0.4, 0.5) is 0 Å². The molecular formula is C9H13NO5. The van der Waals surface area contributed by atoms with Gasteiger partial charge in [0.25, 0.3) is 11.8 Å². The van der Waals surface area contributed by atoms with Gasteiger partial charge in [-0.25, -0.2) is 4.79 Å². The highest BCUT2D eigenvalue weighted by Gasteiger charge is 2.33. The highest BCUT2D eigenvalue weighted by Crippen LogP contribution is 2.15. The van der Waals surface area contributed by atoms with Crippen LogP contribution in [0.15, 0.2) is 0 Å². The lowest BCUT2D eigenvalue weighted by atomic mass is 10.1. The lowest BCUT2D eigenvalue weighted by molar-refractivity contribution is -0.199. The normalized spacial score (nSPS) is 17.1. The molecule has 1 rings (SSSR count). The summed E-state index contributed by atoms with van der Waals surface area (Å²) in [6.45, 7) is 2.86. The zero-order valence-corrected chi connectivity index (χ0v) is 8.65. The quantitative estimate of drug-likeness (QED) is 0.656. The van der Waals surface area contributed by atoms with Gasteiger partial charge in [0.1, 0.15) is 0 Å². The van der Waals surface area contributed by atoms with E-state index in [0.717, 1.165) is 0 Å². The molecule has 1 aliphatic rings. The number of amides is 2. The average molecular weight is 215 g/mol. The Morgan fingerprint density at radius 1 is 1.40 bits per heavy atom. The number of aliphatic hydroxyl groups is 1. The molecule has 0 atom stereocenters. The van der Waals surface area contributed by atoms with Crippen molar-refractivity contribution in [2.75, 3.05) is 0 Å². The van der Waals surface area contributed by atoms with E-state index < -0.39 is 23.4 Å². The van der Waals surface area contributed by atoms with E-state index in [1.807, 2.05) is 0 Å². The Kier molecular flexibility index (Phi) is 3.09. The van der Waals surface area contributed by atoms with Crippen molar-refractivity contribution in [3.63, 3.8) is 0 Å². The third-order valence-corrected chi connectivity index (χ3v) is 1.78. The Morgan fingerprint density at radius 3 is 2.27 bits per heavy atom. The molecule has 0 aliphatic carbocycles. The van der Waals surface area contributed by atoms with Crippen molar-refractivity contribution >= 4 is 17.8 Å². The van der Waals surface area contributed by atoms with Crippen molar-refractivity contribution in [3.8, 4) is 0 Å². The molecule has 0 spiro atoms. The number of hydroxylamine groups is 2. The standard InChI is InChI=1S/C9H13NO5/c1-9(2,14)5-8(13)15-10-6(11)3-4-7(10)12/h14H,3-5H2,1-2H3. The Morgan fingerprint density at radius 2 is 1.87 bits per heavy atom. The second kappa shape index (κ2) is 3.98. The summed E-state index contributed by atoms with van der Waals surface area (Å²) in [5, 5.41) is 9.77. The first-order valence-corrected chi connectivity index (χ1v) is 4.58. The van der Waals surface area contributed by atoms with E-state index in [9.17, 15) is 19.5 Å². The van der Waals surface area contributed by atoms with Crippen LogP contribution in [0, 0.1) is 0 Å². The molecular weight excluding hydrogens is 202 g/mol. The van der Waals surface area contributed by atoms with Crippen molar-refractivity contribution in [1.29, 1.82) is 0 Å². The van der Waals surface area contributed by atoms with Gasteiger partial charge in [-0.05, 0) is 13.8 Å². The van der Waals surface area contributed by atoms with E-state index in [4.69, 9.17) is 0 Å². The van der Waals surface area contributed by atoms with Crippen molar-refractivity contribution < 1.29 is 24.3 Å². The van der Waals surface area contributed by atoms with Gasteiger partial charge in [0.15, 0.2) is 0 Å². The van der Waals surface area contributed by atoms with Crippen molar-refractivity contribution in [3.05, 3.63) is 0 Å². The smallest absolute Gasteiger partial charge is 0.336 e. The summed E-state index contributed by atoms with van der Waals surface area (Å²) in [7, 11) is 0. The SMILES string of the molecule is CC(C)(O)CC(=O)ON1C(=O)CCC1=O. The zero-order chi connectivity index (χ0) is 11.6. The van der Waals surface area contributed by atoms with Gasteiger partial charge in [-0.3, -0.25) is 9.59 Å². The second-order valence-electron chi connectivity index (χ2n) is 4.03. The maximum absolute atomic E-state index is 11.2. The van der Waals surface area contributed by atoms with Gasteiger partial charge in [-0.1, -0.05) is 0 Å². The molecule has 0 aromatic rings. The molecule has 1 fully saturated rings. The minimum absolute atomic E-state index is 0.0641. The number of hydrogen-bond donors (Lipinski definition) is 1. The van der Waals surface area contributed by atoms with Gasteiger partial charge in [0.05, 0.1) is 12.0 Å². The monoisotopic (exact) mass is 215 g/mol. The second-order valence-corrected chi connectivity index (χ2v) is 4.03. The van der Waals surface area contributed by atoms with Crippen LogP contribution in [-0.2, 0) is 19.2 Å². The van der Waals surface area contributed by atoms with Crippen LogP contribution >= 0.6 is 0 Å². The minimum atomic E-state index is -1.22. The largest absolute Gasteiger partial charge is 0.390 e. The molecule has 15 heavy (non-hydrogen) atoms. The zero-order valence-electron chi connectivity index (χ0n) is 8.65. The molecule has 0 aromatic heterocycles. The topological polar surface area (TPSA) is 83.9 Å². The van der Waals surface area contributed by atoms with Crippen LogP contribution in [0.25, 0.3) is 0 Å². The summed E-state index contributed by atoms with van der Waals surface area (Å²) in [6.07, 6.45) is -0.146. The first-order valence-electron chi connectivity index (χ1n) is 4.58. The third kappa shape index (κ3) is 3.32. The maximum atomic E-state index is 11.2. The Balaban J connectivity index is 2.51. The van der Waals surface area contributed by atoms with Crippen LogP contribution in [0.1, 0.15) is 33.1 Å². The molecule has 0 radical (unpaired) electrons. The number of carbonyl (C=O) groups excluding carboxylic acids is 3. The van der Waals surface area contributed by atoms with Crippen molar-refractivity contribution in [2.45, 2.75) is 38.7 Å². The van der Waals surface area contributed by atoms with Gasteiger partial charge < -0.3 is 9.94 Å². The van der Waals surface area contributed by atoms with Gasteiger partial charge in [-0.2, -0.15) is 0 Å². The Bertz CT molecular complexity index is 288. The summed E-state index contributed by atoms with van der Waals surface area (Å²) < 4.78 is 0. The Labute approximate surface area is 86.8 Å². The molecule has 0 bridgehead atoms. The average Bonchev–Trinajstić information content (AvgIpc) is 2.32. The van der Waals surface area contributed by atoms with E-state index in [1.54, 1.807) is 0 Å². The van der Waals surface area contributed by atoms with Crippen LogP contribution in [0.5, 0.6) is 0 Å². The molecule has 1 heterocycles. The van der Waals surface area contributed by atoms with E-state index >= 15 is 0 Å². The third-order valence-electron chi connectivity index (χ3n) is 1.78. The predicted molar refractivity (Wildman–Crippen MR) is 48.1 cm³/mol. The summed E-state index contributed by atoms with van der Waals surface area (Å²) in [5.74, 6) is -1.85. The van der Waals surface area contributed by atoms with Crippen molar-refractivity contribution in [1.82, 2.24) is 5.06 Å². The molecule has 6 heteroatoms. The number of carbonyl (C=O) groups is 3. The fraction of sp³-hybridized carbons (Fsp3) is 0.667. The summed E-state index contributed by atoms with van der Waals surface area (Å²) in [5.41, 5.74) is -1.22. The molecule has 0 aromatic carbocycles.